The number of phenolic OH excluding ortho intramolecular Hbond substituents is 1. The molecule has 3 aliphatic rings. The van der Waals surface area contributed by atoms with Gasteiger partial charge in [0.05, 0.1) is 11.5 Å². The molecular formula is C26H31NO7. The molecule has 2 fully saturated rings. The highest BCUT2D eigenvalue weighted by Gasteiger charge is 2.66. The summed E-state index contributed by atoms with van der Waals surface area (Å²) in [6.45, 7) is 4.28. The van der Waals surface area contributed by atoms with Crippen molar-refractivity contribution in [2.24, 2.45) is 35.3 Å². The number of aliphatic hydroxyl groups is 1. The molecule has 0 radical (unpaired) electrons. The van der Waals surface area contributed by atoms with Gasteiger partial charge in [-0.1, -0.05) is 32.8 Å². The third kappa shape index (κ3) is 3.50. The minimum Gasteiger partial charge on any atom is -0.507 e. The Bertz CT molecular complexity index is 1090. The monoisotopic (exact) mass is 469 g/mol. The Hall–Kier alpha value is -2.87. The van der Waals surface area contributed by atoms with Gasteiger partial charge in [-0.05, 0) is 54.7 Å². The van der Waals surface area contributed by atoms with Gasteiger partial charge < -0.3 is 15.9 Å². The van der Waals surface area contributed by atoms with Crippen molar-refractivity contribution in [1.29, 1.82) is 0 Å². The van der Waals surface area contributed by atoms with Crippen LogP contribution in [-0.4, -0.2) is 44.9 Å². The normalized spacial score (nSPS) is 30.7. The van der Waals surface area contributed by atoms with E-state index in [9.17, 15) is 34.2 Å². The van der Waals surface area contributed by atoms with E-state index in [1.807, 2.05) is 6.07 Å². The third-order valence-corrected chi connectivity index (χ3v) is 8.36. The van der Waals surface area contributed by atoms with E-state index in [1.165, 1.54) is 6.07 Å². The molecule has 182 valence electrons. The molecule has 4 rings (SSSR count). The van der Waals surface area contributed by atoms with Gasteiger partial charge >= 0.3 is 0 Å². The lowest BCUT2D eigenvalue weighted by Crippen LogP contribution is -2.68. The molecule has 0 saturated heterocycles. The molecule has 34 heavy (non-hydrogen) atoms. The summed E-state index contributed by atoms with van der Waals surface area (Å²) in [7, 11) is 0. The summed E-state index contributed by atoms with van der Waals surface area (Å²) in [5, 5.41) is 21.7. The lowest BCUT2D eigenvalue weighted by Gasteiger charge is -2.48. The maximum absolute atomic E-state index is 13.5. The number of phenols is 1. The summed E-state index contributed by atoms with van der Waals surface area (Å²) in [5.41, 5.74) is 4.32. The number of ketones is 4. The number of carbonyl (C=O) groups is 5. The van der Waals surface area contributed by atoms with Crippen molar-refractivity contribution in [2.75, 3.05) is 0 Å². The van der Waals surface area contributed by atoms with Crippen LogP contribution in [0.25, 0.3) is 0 Å². The number of aryl methyl sites for hydroxylation is 1. The number of amides is 1. The molecule has 0 spiro atoms. The molecule has 1 aromatic carbocycles. The molecule has 2 unspecified atom stereocenters. The highest BCUT2D eigenvalue weighted by molar-refractivity contribution is 6.31. The molecule has 0 bridgehead atoms. The van der Waals surface area contributed by atoms with E-state index in [1.54, 1.807) is 0 Å². The number of fused-ring (bicyclic) bond motifs is 3. The third-order valence-electron chi connectivity index (χ3n) is 8.36. The largest absolute Gasteiger partial charge is 0.507 e. The quantitative estimate of drug-likeness (QED) is 0.536. The van der Waals surface area contributed by atoms with E-state index in [4.69, 9.17) is 5.73 Å². The smallest absolute Gasteiger partial charge is 0.235 e. The summed E-state index contributed by atoms with van der Waals surface area (Å²) in [5.74, 6) is -9.16. The lowest BCUT2D eigenvalue weighted by atomic mass is 9.53. The SMILES string of the molecule is CCC(CC)CCc1ccc(O)c2c1C[C@H]1C[C@H]3CC(=O)C(C(N)=O)C(=O)[C@@]3(O)C(=O)C1C2=O. The Balaban J connectivity index is 1.72. The van der Waals surface area contributed by atoms with E-state index in [-0.39, 0.29) is 24.2 Å². The molecule has 1 amide bonds. The zero-order chi connectivity index (χ0) is 24.9. The summed E-state index contributed by atoms with van der Waals surface area (Å²) in [6, 6.07) is 3.27. The Morgan fingerprint density at radius 1 is 1.12 bits per heavy atom. The first-order valence-corrected chi connectivity index (χ1v) is 12.1. The minimum atomic E-state index is -2.61. The van der Waals surface area contributed by atoms with Gasteiger partial charge in [-0.2, -0.15) is 0 Å². The van der Waals surface area contributed by atoms with E-state index < -0.39 is 58.3 Å². The first-order valence-electron chi connectivity index (χ1n) is 12.1. The van der Waals surface area contributed by atoms with Gasteiger partial charge in [0.1, 0.15) is 5.75 Å². The van der Waals surface area contributed by atoms with Crippen LogP contribution < -0.4 is 5.73 Å². The topological polar surface area (TPSA) is 152 Å². The van der Waals surface area contributed by atoms with Gasteiger partial charge in [-0.25, -0.2) is 0 Å². The highest BCUT2D eigenvalue weighted by Crippen LogP contribution is 2.50. The molecule has 8 nitrogen and oxygen atoms in total. The van der Waals surface area contributed by atoms with Crippen LogP contribution in [0.5, 0.6) is 5.75 Å². The molecule has 5 atom stereocenters. The standard InChI is InChI=1S/C26H31NO7/c1-3-12(4-2)5-6-13-7-8-17(28)20-16(13)10-14-9-15-11-18(29)21(25(27)33)24(32)26(15,34)23(31)19(14)22(20)30/h7-8,12,14-15,19,21,28,34H,3-6,9-11H2,1-2H3,(H2,27,33)/t14-,15+,19?,21?,26+/m1/s1. The van der Waals surface area contributed by atoms with Gasteiger partial charge in [0.2, 0.25) is 5.91 Å². The fourth-order valence-corrected chi connectivity index (χ4v) is 6.32. The Morgan fingerprint density at radius 3 is 2.41 bits per heavy atom. The molecule has 8 heteroatoms. The van der Waals surface area contributed by atoms with Crippen LogP contribution >= 0.6 is 0 Å². The Labute approximate surface area is 197 Å². The molecule has 4 N–H and O–H groups in total. The first-order chi connectivity index (χ1) is 16.1. The highest BCUT2D eigenvalue weighted by atomic mass is 16.3. The average Bonchev–Trinajstić information content (AvgIpc) is 2.78. The minimum absolute atomic E-state index is 0.0736. The van der Waals surface area contributed by atoms with E-state index in [0.29, 0.717) is 17.9 Å². The van der Waals surface area contributed by atoms with Crippen molar-refractivity contribution in [2.45, 2.75) is 64.4 Å². The van der Waals surface area contributed by atoms with Gasteiger partial charge in [0.25, 0.3) is 0 Å². The zero-order valence-corrected chi connectivity index (χ0v) is 19.5. The van der Waals surface area contributed by atoms with Crippen LogP contribution in [0.3, 0.4) is 0 Å². The molecule has 1 aromatic rings. The van der Waals surface area contributed by atoms with Gasteiger partial charge in [0, 0.05) is 12.3 Å². The van der Waals surface area contributed by atoms with Crippen molar-refractivity contribution in [3.05, 3.63) is 28.8 Å². The molecule has 0 heterocycles. The van der Waals surface area contributed by atoms with Crippen molar-refractivity contribution >= 4 is 29.0 Å². The molecule has 0 aromatic heterocycles. The van der Waals surface area contributed by atoms with Gasteiger partial charge in [-0.3, -0.25) is 24.0 Å². The fourth-order valence-electron chi connectivity index (χ4n) is 6.32. The number of nitrogens with two attached hydrogens (primary N) is 1. The van der Waals surface area contributed by atoms with Crippen LogP contribution in [0.2, 0.25) is 0 Å². The van der Waals surface area contributed by atoms with E-state index in [0.717, 1.165) is 31.2 Å². The van der Waals surface area contributed by atoms with Crippen LogP contribution in [0.4, 0.5) is 0 Å². The van der Waals surface area contributed by atoms with E-state index >= 15 is 0 Å². The second-order valence-corrected chi connectivity index (χ2v) is 10.1. The van der Waals surface area contributed by atoms with Crippen molar-refractivity contribution in [1.82, 2.24) is 0 Å². The molecule has 0 aliphatic heterocycles. The predicted octanol–water partition coefficient (Wildman–Crippen LogP) is 1.70. The molecule has 3 aliphatic carbocycles. The number of primary amides is 1. The maximum Gasteiger partial charge on any atom is 0.235 e. The fraction of sp³-hybridized carbons (Fsp3) is 0.577. The molecule has 2 saturated carbocycles. The zero-order valence-electron chi connectivity index (χ0n) is 19.5. The van der Waals surface area contributed by atoms with E-state index in [2.05, 4.69) is 13.8 Å². The summed E-state index contributed by atoms with van der Waals surface area (Å²) in [6.07, 6.45) is 3.88. The summed E-state index contributed by atoms with van der Waals surface area (Å²) in [4.78, 5) is 64.1. The molecular weight excluding hydrogens is 438 g/mol. The number of hydrogen-bond acceptors (Lipinski definition) is 7. The van der Waals surface area contributed by atoms with Crippen LogP contribution in [0, 0.1) is 29.6 Å². The second-order valence-electron chi connectivity index (χ2n) is 10.1. The number of benzene rings is 1. The Morgan fingerprint density at radius 2 is 1.79 bits per heavy atom. The lowest BCUT2D eigenvalue weighted by molar-refractivity contribution is -0.175. The first kappa shape index (κ1) is 24.3. The summed E-state index contributed by atoms with van der Waals surface area (Å²) >= 11 is 0. The number of rotatable bonds is 6. The average molecular weight is 470 g/mol. The number of aromatic hydroxyl groups is 1. The predicted molar refractivity (Wildman–Crippen MR) is 121 cm³/mol. The van der Waals surface area contributed by atoms with Crippen LogP contribution in [-0.2, 0) is 32.0 Å². The number of carbonyl (C=O) groups excluding carboxylic acids is 5. The number of Topliss-reactive ketones (excluding diaryl/α,β-unsaturated/α-hetero) is 4. The van der Waals surface area contributed by atoms with Gasteiger partial charge in [-0.15, -0.1) is 0 Å². The van der Waals surface area contributed by atoms with Crippen molar-refractivity contribution < 1.29 is 34.2 Å². The van der Waals surface area contributed by atoms with Crippen LogP contribution in [0.1, 0.15) is 67.4 Å². The Kier molecular flexibility index (Phi) is 6.23. The number of hydrogen-bond donors (Lipinski definition) is 3. The van der Waals surface area contributed by atoms with Gasteiger partial charge in [0.15, 0.2) is 34.7 Å². The van der Waals surface area contributed by atoms with Crippen molar-refractivity contribution in [3.63, 3.8) is 0 Å². The maximum atomic E-state index is 13.5. The van der Waals surface area contributed by atoms with Crippen LogP contribution in [0.15, 0.2) is 12.1 Å². The summed E-state index contributed by atoms with van der Waals surface area (Å²) < 4.78 is 0. The van der Waals surface area contributed by atoms with Crippen molar-refractivity contribution in [3.8, 4) is 5.75 Å². The second kappa shape index (κ2) is 8.73.